The smallest absolute Gasteiger partial charge is 0.126 e. The number of nitrogens with two attached hydrogens (primary N) is 1. The Morgan fingerprint density at radius 3 is 2.42 bits per heavy atom. The van der Waals surface area contributed by atoms with E-state index in [2.05, 4.69) is 22.6 Å². The van der Waals surface area contributed by atoms with Crippen molar-refractivity contribution < 1.29 is 8.78 Å². The van der Waals surface area contributed by atoms with Crippen molar-refractivity contribution in [1.82, 2.24) is 0 Å². The average molecular weight is 373 g/mol. The van der Waals surface area contributed by atoms with E-state index >= 15 is 0 Å². The predicted molar refractivity (Wildman–Crippen MR) is 80.9 cm³/mol. The van der Waals surface area contributed by atoms with Gasteiger partial charge in [-0.25, -0.2) is 8.78 Å². The van der Waals surface area contributed by atoms with E-state index in [0.29, 0.717) is 12.0 Å². The van der Waals surface area contributed by atoms with Crippen LogP contribution >= 0.6 is 22.6 Å². The summed E-state index contributed by atoms with van der Waals surface area (Å²) in [5.41, 5.74) is 8.88. The normalized spacial score (nSPS) is 12.5. The third kappa shape index (κ3) is 3.51. The molecule has 0 aliphatic carbocycles. The van der Waals surface area contributed by atoms with Crippen LogP contribution in [0.15, 0.2) is 36.4 Å². The number of rotatable bonds is 3. The Labute approximate surface area is 125 Å². The van der Waals surface area contributed by atoms with Crippen molar-refractivity contribution in [2.45, 2.75) is 19.4 Å². The van der Waals surface area contributed by atoms with Gasteiger partial charge in [0.2, 0.25) is 0 Å². The number of benzene rings is 2. The molecule has 19 heavy (non-hydrogen) atoms. The minimum atomic E-state index is -0.568. The van der Waals surface area contributed by atoms with Gasteiger partial charge in [-0.15, -0.1) is 0 Å². The van der Waals surface area contributed by atoms with Gasteiger partial charge in [-0.2, -0.15) is 0 Å². The molecule has 0 spiro atoms. The summed E-state index contributed by atoms with van der Waals surface area (Å²) in [6.07, 6.45) is 0.411. The van der Waals surface area contributed by atoms with Crippen LogP contribution in [-0.4, -0.2) is 0 Å². The van der Waals surface area contributed by atoms with Crippen LogP contribution in [-0.2, 0) is 6.42 Å². The first kappa shape index (κ1) is 14.4. The Morgan fingerprint density at radius 1 is 1.16 bits per heavy atom. The molecule has 0 bridgehead atoms. The van der Waals surface area contributed by atoms with Crippen LogP contribution in [0.1, 0.15) is 22.7 Å². The van der Waals surface area contributed by atoms with Crippen LogP contribution in [0.3, 0.4) is 0 Å². The molecule has 2 aromatic carbocycles. The number of hydrogen-bond donors (Lipinski definition) is 1. The van der Waals surface area contributed by atoms with Gasteiger partial charge < -0.3 is 5.73 Å². The molecule has 0 aromatic heterocycles. The van der Waals surface area contributed by atoms with Gasteiger partial charge >= 0.3 is 0 Å². The molecule has 0 amide bonds. The Morgan fingerprint density at radius 2 is 1.79 bits per heavy atom. The number of halogens is 3. The van der Waals surface area contributed by atoms with Crippen LogP contribution in [0.4, 0.5) is 8.78 Å². The second-order valence-corrected chi connectivity index (χ2v) is 5.65. The zero-order chi connectivity index (χ0) is 14.0. The first-order chi connectivity index (χ1) is 8.97. The van der Waals surface area contributed by atoms with Gasteiger partial charge in [0.25, 0.3) is 0 Å². The molecular formula is C15H14F2IN. The largest absolute Gasteiger partial charge is 0.324 e. The van der Waals surface area contributed by atoms with Gasteiger partial charge in [0, 0.05) is 15.7 Å². The van der Waals surface area contributed by atoms with Gasteiger partial charge in [0.1, 0.15) is 11.6 Å². The highest BCUT2D eigenvalue weighted by Crippen LogP contribution is 2.24. The molecular weight excluding hydrogens is 359 g/mol. The molecule has 100 valence electrons. The van der Waals surface area contributed by atoms with E-state index in [9.17, 15) is 8.78 Å². The van der Waals surface area contributed by atoms with Crippen LogP contribution in [0.25, 0.3) is 0 Å². The molecule has 0 saturated heterocycles. The standard InChI is InChI=1S/C15H14F2IN/c1-9-3-2-4-13(15(9)18)14(19)7-10-5-11(16)8-12(17)6-10/h2-6,8,14H,7,19H2,1H3. The Hall–Kier alpha value is -1.01. The molecule has 2 N–H and O–H groups in total. The number of hydrogen-bond acceptors (Lipinski definition) is 1. The zero-order valence-electron chi connectivity index (χ0n) is 10.5. The lowest BCUT2D eigenvalue weighted by atomic mass is 9.98. The summed E-state index contributed by atoms with van der Waals surface area (Å²) in [5.74, 6) is -1.14. The second kappa shape index (κ2) is 5.96. The van der Waals surface area contributed by atoms with Crippen molar-refractivity contribution >= 4 is 22.6 Å². The molecule has 2 rings (SSSR count). The highest BCUT2D eigenvalue weighted by atomic mass is 127. The van der Waals surface area contributed by atoms with Gasteiger partial charge in [0.05, 0.1) is 0 Å². The van der Waals surface area contributed by atoms with E-state index in [-0.39, 0.29) is 6.04 Å². The summed E-state index contributed by atoms with van der Waals surface area (Å²) < 4.78 is 27.4. The molecule has 0 radical (unpaired) electrons. The minimum Gasteiger partial charge on any atom is -0.324 e. The van der Waals surface area contributed by atoms with Crippen molar-refractivity contribution in [3.8, 4) is 0 Å². The molecule has 0 fully saturated rings. The van der Waals surface area contributed by atoms with Crippen molar-refractivity contribution in [3.63, 3.8) is 0 Å². The summed E-state index contributed by atoms with van der Waals surface area (Å²) in [6, 6.07) is 9.16. The fraction of sp³-hybridized carbons (Fsp3) is 0.200. The third-order valence-electron chi connectivity index (χ3n) is 3.00. The van der Waals surface area contributed by atoms with E-state index in [4.69, 9.17) is 5.73 Å². The molecule has 2 aromatic rings. The molecule has 0 aliphatic heterocycles. The fourth-order valence-electron chi connectivity index (χ4n) is 2.05. The van der Waals surface area contributed by atoms with E-state index in [1.807, 2.05) is 25.1 Å². The number of aryl methyl sites for hydroxylation is 1. The van der Waals surface area contributed by atoms with Crippen molar-refractivity contribution in [1.29, 1.82) is 0 Å². The summed E-state index contributed by atoms with van der Waals surface area (Å²) in [5, 5.41) is 0. The molecule has 1 nitrogen and oxygen atoms in total. The molecule has 0 saturated carbocycles. The first-order valence-electron chi connectivity index (χ1n) is 5.93. The topological polar surface area (TPSA) is 26.0 Å². The van der Waals surface area contributed by atoms with Gasteiger partial charge in [-0.1, -0.05) is 18.2 Å². The van der Waals surface area contributed by atoms with Crippen LogP contribution in [0.2, 0.25) is 0 Å². The lowest BCUT2D eigenvalue weighted by Gasteiger charge is -2.15. The third-order valence-corrected chi connectivity index (χ3v) is 4.47. The van der Waals surface area contributed by atoms with Crippen molar-refractivity contribution in [3.05, 3.63) is 68.3 Å². The second-order valence-electron chi connectivity index (χ2n) is 4.57. The van der Waals surface area contributed by atoms with E-state index in [0.717, 1.165) is 20.8 Å². The molecule has 0 aliphatic rings. The van der Waals surface area contributed by atoms with E-state index in [1.54, 1.807) is 0 Å². The predicted octanol–water partition coefficient (Wildman–Crippen LogP) is 4.12. The van der Waals surface area contributed by atoms with Crippen molar-refractivity contribution in [2.24, 2.45) is 5.73 Å². The van der Waals surface area contributed by atoms with Crippen molar-refractivity contribution in [2.75, 3.05) is 0 Å². The lowest BCUT2D eigenvalue weighted by Crippen LogP contribution is -2.15. The van der Waals surface area contributed by atoms with Crippen LogP contribution in [0, 0.1) is 22.1 Å². The summed E-state index contributed by atoms with van der Waals surface area (Å²) >= 11 is 2.25. The molecule has 1 unspecified atom stereocenters. The Kier molecular flexibility index (Phi) is 4.52. The van der Waals surface area contributed by atoms with E-state index in [1.165, 1.54) is 12.1 Å². The zero-order valence-corrected chi connectivity index (χ0v) is 12.6. The summed E-state index contributed by atoms with van der Waals surface area (Å²) in [7, 11) is 0. The van der Waals surface area contributed by atoms with Gasteiger partial charge in [-0.3, -0.25) is 0 Å². The lowest BCUT2D eigenvalue weighted by molar-refractivity contribution is 0.576. The molecule has 4 heteroatoms. The van der Waals surface area contributed by atoms with Gasteiger partial charge in [-0.05, 0) is 64.8 Å². The van der Waals surface area contributed by atoms with Gasteiger partial charge in [0.15, 0.2) is 0 Å². The minimum absolute atomic E-state index is 0.270. The quantitative estimate of drug-likeness (QED) is 0.805. The summed E-state index contributed by atoms with van der Waals surface area (Å²) in [4.78, 5) is 0. The fourth-order valence-corrected chi connectivity index (χ4v) is 2.81. The molecule has 0 heterocycles. The summed E-state index contributed by atoms with van der Waals surface area (Å²) in [6.45, 7) is 2.01. The maximum atomic E-state index is 13.1. The van der Waals surface area contributed by atoms with E-state index < -0.39 is 11.6 Å². The van der Waals surface area contributed by atoms with Crippen LogP contribution in [0.5, 0.6) is 0 Å². The first-order valence-corrected chi connectivity index (χ1v) is 7.01. The maximum Gasteiger partial charge on any atom is 0.126 e. The molecule has 1 atom stereocenters. The SMILES string of the molecule is Cc1cccc(C(N)Cc2cc(F)cc(F)c2)c1I. The maximum absolute atomic E-state index is 13.1. The van der Waals surface area contributed by atoms with Crippen LogP contribution < -0.4 is 5.73 Å². The average Bonchev–Trinajstić information content (AvgIpc) is 2.31. The Bertz CT molecular complexity index is 578. The monoisotopic (exact) mass is 373 g/mol. The highest BCUT2D eigenvalue weighted by Gasteiger charge is 2.13. The Balaban J connectivity index is 2.25. The highest BCUT2D eigenvalue weighted by molar-refractivity contribution is 14.1.